The predicted octanol–water partition coefficient (Wildman–Crippen LogP) is 1.24. The fraction of sp³-hybridized carbons (Fsp3) is 0.700. The molecule has 28 heavy (non-hydrogen) atoms. The summed E-state index contributed by atoms with van der Waals surface area (Å²) in [6, 6.07) is 7.46. The first-order valence-electron chi connectivity index (χ1n) is 9.84. The number of hydrogen-bond donors (Lipinski definition) is 0. The summed E-state index contributed by atoms with van der Waals surface area (Å²) >= 11 is 0. The quantitative estimate of drug-likeness (QED) is 0.182. The van der Waals surface area contributed by atoms with Gasteiger partial charge in [-0.1, -0.05) is 57.2 Å². The Morgan fingerprint density at radius 2 is 1.50 bits per heavy atom. The van der Waals surface area contributed by atoms with Gasteiger partial charge in [-0.3, -0.25) is 0 Å². The summed E-state index contributed by atoms with van der Waals surface area (Å²) in [5, 5.41) is -2.33. The average molecular weight is 425 g/mol. The number of unbranched alkanes of at least 4 members (excludes halogenated alkanes) is 5. The van der Waals surface area contributed by atoms with E-state index < -0.39 is 21.8 Å². The first-order chi connectivity index (χ1) is 12.9. The van der Waals surface area contributed by atoms with Crippen molar-refractivity contribution in [1.29, 1.82) is 0 Å². The SMILES string of the molecule is CCCCCCCCc1ccccc1OCC(OCC)(OCC)S(=O)(=O)[O-].[Na+]. The number of hydrogen-bond acceptors (Lipinski definition) is 6. The van der Waals surface area contributed by atoms with Gasteiger partial charge in [0.05, 0.1) is 0 Å². The minimum Gasteiger partial charge on any atom is -0.744 e. The molecule has 0 bridgehead atoms. The van der Waals surface area contributed by atoms with E-state index in [4.69, 9.17) is 14.2 Å². The molecule has 0 saturated carbocycles. The Morgan fingerprint density at radius 3 is 2.07 bits per heavy atom. The van der Waals surface area contributed by atoms with Gasteiger partial charge in [-0.25, -0.2) is 8.42 Å². The van der Waals surface area contributed by atoms with E-state index in [1.165, 1.54) is 25.7 Å². The molecular formula is C20H33NaO6S. The van der Waals surface area contributed by atoms with Crippen molar-refractivity contribution in [2.45, 2.75) is 70.8 Å². The molecule has 0 aliphatic heterocycles. The van der Waals surface area contributed by atoms with Crippen LogP contribution in [0.25, 0.3) is 0 Å². The minimum absolute atomic E-state index is 0. The fourth-order valence-electron chi connectivity index (χ4n) is 2.89. The van der Waals surface area contributed by atoms with Crippen molar-refractivity contribution in [3.05, 3.63) is 29.8 Å². The van der Waals surface area contributed by atoms with E-state index in [0.717, 1.165) is 24.8 Å². The van der Waals surface area contributed by atoms with Gasteiger partial charge in [-0.15, -0.1) is 0 Å². The molecular weight excluding hydrogens is 391 g/mol. The largest absolute Gasteiger partial charge is 1.00 e. The molecule has 1 rings (SSSR count). The van der Waals surface area contributed by atoms with E-state index in [1.54, 1.807) is 19.9 Å². The fourth-order valence-corrected chi connectivity index (χ4v) is 3.62. The molecule has 0 unspecified atom stereocenters. The Bertz CT molecular complexity index is 629. The maximum Gasteiger partial charge on any atom is 1.00 e. The topological polar surface area (TPSA) is 84.9 Å². The smallest absolute Gasteiger partial charge is 0.744 e. The Labute approximate surface area is 192 Å². The van der Waals surface area contributed by atoms with Crippen LogP contribution >= 0.6 is 0 Å². The van der Waals surface area contributed by atoms with Crippen LogP contribution in [0.3, 0.4) is 0 Å². The van der Waals surface area contributed by atoms with Gasteiger partial charge >= 0.3 is 29.6 Å². The zero-order valence-corrected chi connectivity index (χ0v) is 20.6. The molecule has 0 aliphatic carbocycles. The molecule has 0 saturated heterocycles. The van der Waals surface area contributed by atoms with Crippen molar-refractivity contribution in [2.24, 2.45) is 0 Å². The van der Waals surface area contributed by atoms with E-state index in [0.29, 0.717) is 5.75 Å². The predicted molar refractivity (Wildman–Crippen MR) is 105 cm³/mol. The molecule has 0 aliphatic rings. The second kappa shape index (κ2) is 14.8. The molecule has 0 heterocycles. The number of ether oxygens (including phenoxy) is 3. The van der Waals surface area contributed by atoms with Crippen molar-refractivity contribution < 1.29 is 56.7 Å². The summed E-state index contributed by atoms with van der Waals surface area (Å²) in [6.07, 6.45) is 7.96. The summed E-state index contributed by atoms with van der Waals surface area (Å²) < 4.78 is 51.3. The monoisotopic (exact) mass is 424 g/mol. The van der Waals surface area contributed by atoms with Crippen molar-refractivity contribution in [2.75, 3.05) is 19.8 Å². The van der Waals surface area contributed by atoms with Crippen LogP contribution in [0.4, 0.5) is 0 Å². The molecule has 1 aromatic carbocycles. The summed E-state index contributed by atoms with van der Waals surface area (Å²) in [4.78, 5) is 0. The first-order valence-corrected chi connectivity index (χ1v) is 11.2. The molecule has 0 fully saturated rings. The Balaban J connectivity index is 0.00000729. The third-order valence-corrected chi connectivity index (χ3v) is 5.40. The Morgan fingerprint density at radius 1 is 0.929 bits per heavy atom. The maximum atomic E-state index is 11.8. The normalized spacial score (nSPS) is 11.9. The van der Waals surface area contributed by atoms with Crippen molar-refractivity contribution >= 4 is 10.1 Å². The van der Waals surface area contributed by atoms with Gasteiger partial charge in [0, 0.05) is 13.2 Å². The van der Waals surface area contributed by atoms with Crippen LogP contribution in [0.15, 0.2) is 24.3 Å². The average Bonchev–Trinajstić information content (AvgIpc) is 2.63. The van der Waals surface area contributed by atoms with Crippen LogP contribution in [0.2, 0.25) is 0 Å². The van der Waals surface area contributed by atoms with Crippen LogP contribution in [0.5, 0.6) is 5.75 Å². The first kappa shape index (κ1) is 27.8. The number of aryl methyl sites for hydroxylation is 1. The second-order valence-electron chi connectivity index (χ2n) is 6.42. The van der Waals surface area contributed by atoms with Gasteiger partial charge < -0.3 is 18.8 Å². The zero-order chi connectivity index (χ0) is 20.2. The van der Waals surface area contributed by atoms with E-state index in [9.17, 15) is 13.0 Å². The van der Waals surface area contributed by atoms with Crippen molar-refractivity contribution in [3.63, 3.8) is 0 Å². The van der Waals surface area contributed by atoms with Gasteiger partial charge in [-0.05, 0) is 38.3 Å². The molecule has 6 nitrogen and oxygen atoms in total. The van der Waals surface area contributed by atoms with E-state index in [2.05, 4.69) is 6.92 Å². The minimum atomic E-state index is -4.88. The third kappa shape index (κ3) is 9.11. The number of benzene rings is 1. The number of para-hydroxylation sites is 1. The van der Waals surface area contributed by atoms with Crippen LogP contribution in [0, 0.1) is 0 Å². The van der Waals surface area contributed by atoms with E-state index >= 15 is 0 Å². The zero-order valence-electron chi connectivity index (χ0n) is 17.7. The number of rotatable bonds is 15. The molecule has 0 spiro atoms. The van der Waals surface area contributed by atoms with Crippen LogP contribution in [-0.4, -0.2) is 37.9 Å². The van der Waals surface area contributed by atoms with Crippen LogP contribution < -0.4 is 34.3 Å². The molecule has 0 radical (unpaired) electrons. The van der Waals surface area contributed by atoms with Gasteiger partial charge in [0.2, 0.25) is 0 Å². The standard InChI is InChI=1S/C20H34O6S.Na/c1-4-7-8-9-10-11-14-18-15-12-13-16-19(18)24-17-20(25-5-2,26-6-3)27(21,22)23;/h12-13,15-16H,4-11,14,17H2,1-3H3,(H,21,22,23);/q;+1/p-1. The third-order valence-electron chi connectivity index (χ3n) is 4.29. The van der Waals surface area contributed by atoms with Gasteiger partial charge in [0.1, 0.15) is 5.75 Å². The molecule has 0 atom stereocenters. The summed E-state index contributed by atoms with van der Waals surface area (Å²) in [5.74, 6) is 0.554. The van der Waals surface area contributed by atoms with E-state index in [1.807, 2.05) is 18.2 Å². The molecule has 0 amide bonds. The van der Waals surface area contributed by atoms with E-state index in [-0.39, 0.29) is 42.8 Å². The molecule has 1 aromatic rings. The van der Waals surface area contributed by atoms with Crippen molar-refractivity contribution in [1.82, 2.24) is 0 Å². The molecule has 0 aromatic heterocycles. The molecule has 0 N–H and O–H groups in total. The summed E-state index contributed by atoms with van der Waals surface area (Å²) in [5.41, 5.74) is 0.984. The summed E-state index contributed by atoms with van der Waals surface area (Å²) in [7, 11) is -4.88. The maximum absolute atomic E-state index is 11.8. The molecule has 8 heteroatoms. The van der Waals surface area contributed by atoms with Gasteiger partial charge in [0.15, 0.2) is 16.7 Å². The Hall–Kier alpha value is -0.150. The van der Waals surface area contributed by atoms with Crippen molar-refractivity contribution in [3.8, 4) is 5.75 Å². The second-order valence-corrected chi connectivity index (χ2v) is 7.95. The Kier molecular flexibility index (Phi) is 14.7. The summed E-state index contributed by atoms with van der Waals surface area (Å²) in [6.45, 7) is 4.93. The van der Waals surface area contributed by atoms with Crippen LogP contribution in [0.1, 0.15) is 64.9 Å². The van der Waals surface area contributed by atoms with Gasteiger partial charge in [-0.2, -0.15) is 0 Å². The van der Waals surface area contributed by atoms with Crippen LogP contribution in [-0.2, 0) is 26.0 Å². The molecule has 156 valence electrons. The van der Waals surface area contributed by atoms with Gasteiger partial charge in [0.25, 0.3) is 5.12 Å².